The Hall–Kier alpha value is -0.900. The summed E-state index contributed by atoms with van der Waals surface area (Å²) in [6.45, 7) is 4.67. The van der Waals surface area contributed by atoms with E-state index < -0.39 is 0 Å². The normalized spacial score (nSPS) is 26.2. The molecule has 0 bridgehead atoms. The van der Waals surface area contributed by atoms with Gasteiger partial charge in [0.15, 0.2) is 0 Å². The van der Waals surface area contributed by atoms with Gasteiger partial charge in [-0.2, -0.15) is 0 Å². The third-order valence-corrected chi connectivity index (χ3v) is 5.01. The van der Waals surface area contributed by atoms with Crippen molar-refractivity contribution in [1.29, 1.82) is 0 Å². The molecule has 3 rings (SSSR count). The molecule has 2 unspecified atom stereocenters. The van der Waals surface area contributed by atoms with Crippen LogP contribution in [0.3, 0.4) is 0 Å². The van der Waals surface area contributed by atoms with Gasteiger partial charge in [0.05, 0.1) is 0 Å². The minimum Gasteiger partial charge on any atom is -0.310 e. The van der Waals surface area contributed by atoms with Crippen molar-refractivity contribution in [3.05, 3.63) is 35.4 Å². The van der Waals surface area contributed by atoms with Crippen molar-refractivity contribution in [2.24, 2.45) is 0 Å². The molecule has 0 aliphatic carbocycles. The summed E-state index contributed by atoms with van der Waals surface area (Å²) < 4.78 is 0. The second kappa shape index (κ2) is 6.91. The topological polar surface area (TPSA) is 18.5 Å². The lowest BCUT2D eigenvalue weighted by Crippen LogP contribution is -2.45. The van der Waals surface area contributed by atoms with E-state index >= 15 is 0 Å². The molecule has 2 fully saturated rings. The zero-order chi connectivity index (χ0) is 14.7. The molecule has 3 heteroatoms. The Morgan fingerprint density at radius 3 is 2.76 bits per heavy atom. The van der Waals surface area contributed by atoms with Crippen molar-refractivity contribution in [3.8, 4) is 0 Å². The molecule has 2 atom stereocenters. The molecule has 2 heterocycles. The van der Waals surface area contributed by atoms with E-state index in [9.17, 15) is 0 Å². The fourth-order valence-corrected chi connectivity index (χ4v) is 3.89. The number of nitrogens with one attached hydrogen (secondary N) is 1. The average Bonchev–Trinajstić information content (AvgIpc) is 2.93. The Labute approximate surface area is 129 Å². The first kappa shape index (κ1) is 15.0. The molecular weight excluding hydrogens is 258 g/mol. The van der Waals surface area contributed by atoms with Crippen LogP contribution in [0, 0.1) is 0 Å². The van der Waals surface area contributed by atoms with Gasteiger partial charge in [-0.1, -0.05) is 24.3 Å². The van der Waals surface area contributed by atoms with Crippen LogP contribution in [0.1, 0.15) is 36.8 Å². The van der Waals surface area contributed by atoms with Gasteiger partial charge in [0.25, 0.3) is 0 Å². The van der Waals surface area contributed by atoms with E-state index in [1.165, 1.54) is 49.9 Å². The molecule has 0 spiro atoms. The van der Waals surface area contributed by atoms with Crippen LogP contribution < -0.4 is 5.32 Å². The first-order valence-electron chi connectivity index (χ1n) is 8.41. The number of nitrogens with zero attached hydrogens (tertiary/aromatic N) is 2. The average molecular weight is 287 g/mol. The van der Waals surface area contributed by atoms with Gasteiger partial charge in [0.1, 0.15) is 0 Å². The first-order chi connectivity index (χ1) is 10.2. The Bertz CT molecular complexity index is 458. The van der Waals surface area contributed by atoms with Gasteiger partial charge in [-0.3, -0.25) is 0 Å². The van der Waals surface area contributed by atoms with Gasteiger partial charge in [0, 0.05) is 25.2 Å². The fourth-order valence-electron chi connectivity index (χ4n) is 3.89. The summed E-state index contributed by atoms with van der Waals surface area (Å²) in [5.41, 5.74) is 2.91. The molecular formula is C18H29N3. The van der Waals surface area contributed by atoms with E-state index in [-0.39, 0.29) is 0 Å². The lowest BCUT2D eigenvalue weighted by molar-refractivity contribution is 0.166. The standard InChI is InChI=1S/C18H29N3/c1-20(2)14-16-7-4-3-6-15(16)13-19-17-9-11-21-10-5-8-18(21)12-17/h3-4,6-7,17-19H,5,8-14H2,1-2H3. The maximum absolute atomic E-state index is 3.82. The minimum absolute atomic E-state index is 0.705. The number of benzene rings is 1. The molecule has 2 aliphatic heterocycles. The molecule has 21 heavy (non-hydrogen) atoms. The Kier molecular flexibility index (Phi) is 4.94. The monoisotopic (exact) mass is 287 g/mol. The number of hydrogen-bond donors (Lipinski definition) is 1. The predicted octanol–water partition coefficient (Wildman–Crippen LogP) is 2.46. The first-order valence-corrected chi connectivity index (χ1v) is 8.41. The van der Waals surface area contributed by atoms with E-state index in [1.54, 1.807) is 0 Å². The Morgan fingerprint density at radius 1 is 1.14 bits per heavy atom. The SMILES string of the molecule is CN(C)Cc1ccccc1CNC1CCN2CCCC2C1. The molecule has 1 aromatic carbocycles. The molecule has 116 valence electrons. The van der Waals surface area contributed by atoms with Crippen molar-refractivity contribution >= 4 is 0 Å². The highest BCUT2D eigenvalue weighted by Gasteiger charge is 2.31. The smallest absolute Gasteiger partial charge is 0.0230 e. The lowest BCUT2D eigenvalue weighted by atomic mass is 9.97. The molecule has 1 N–H and O–H groups in total. The second-order valence-electron chi connectivity index (χ2n) is 6.94. The van der Waals surface area contributed by atoms with Crippen LogP contribution >= 0.6 is 0 Å². The summed E-state index contributed by atoms with van der Waals surface area (Å²) in [4.78, 5) is 4.94. The molecule has 0 amide bonds. The number of piperidine rings is 1. The van der Waals surface area contributed by atoms with Crippen LogP contribution in [0.15, 0.2) is 24.3 Å². The van der Waals surface area contributed by atoms with E-state index in [0.717, 1.165) is 19.1 Å². The highest BCUT2D eigenvalue weighted by Crippen LogP contribution is 2.27. The van der Waals surface area contributed by atoms with Gasteiger partial charge in [-0.15, -0.1) is 0 Å². The number of fused-ring (bicyclic) bond motifs is 1. The van der Waals surface area contributed by atoms with Gasteiger partial charge in [-0.05, 0) is 64.0 Å². The molecule has 3 nitrogen and oxygen atoms in total. The highest BCUT2D eigenvalue weighted by atomic mass is 15.2. The molecule has 2 saturated heterocycles. The van der Waals surface area contributed by atoms with Crippen LogP contribution in [0.4, 0.5) is 0 Å². The van der Waals surface area contributed by atoms with Crippen LogP contribution in [-0.4, -0.2) is 49.1 Å². The van der Waals surface area contributed by atoms with Crippen molar-refractivity contribution in [3.63, 3.8) is 0 Å². The molecule has 2 aliphatic rings. The molecule has 0 radical (unpaired) electrons. The van der Waals surface area contributed by atoms with Crippen molar-refractivity contribution in [1.82, 2.24) is 15.1 Å². The quantitative estimate of drug-likeness (QED) is 0.897. The summed E-state index contributed by atoms with van der Waals surface area (Å²) in [6.07, 6.45) is 5.47. The summed E-state index contributed by atoms with van der Waals surface area (Å²) in [6, 6.07) is 10.4. The molecule has 1 aromatic rings. The number of hydrogen-bond acceptors (Lipinski definition) is 3. The summed E-state index contributed by atoms with van der Waals surface area (Å²) in [7, 11) is 4.28. The van der Waals surface area contributed by atoms with Gasteiger partial charge < -0.3 is 15.1 Å². The minimum atomic E-state index is 0.705. The zero-order valence-corrected chi connectivity index (χ0v) is 13.5. The van der Waals surface area contributed by atoms with Gasteiger partial charge in [-0.25, -0.2) is 0 Å². The summed E-state index contributed by atoms with van der Waals surface area (Å²) >= 11 is 0. The summed E-state index contributed by atoms with van der Waals surface area (Å²) in [5, 5.41) is 3.82. The molecule has 0 aromatic heterocycles. The van der Waals surface area contributed by atoms with Crippen LogP contribution in [0.5, 0.6) is 0 Å². The van der Waals surface area contributed by atoms with E-state index in [1.807, 2.05) is 0 Å². The van der Waals surface area contributed by atoms with Crippen LogP contribution in [0.2, 0.25) is 0 Å². The lowest BCUT2D eigenvalue weighted by Gasteiger charge is -2.35. The van der Waals surface area contributed by atoms with E-state index in [4.69, 9.17) is 0 Å². The fraction of sp³-hybridized carbons (Fsp3) is 0.667. The van der Waals surface area contributed by atoms with Crippen molar-refractivity contribution in [2.45, 2.75) is 50.9 Å². The maximum atomic E-state index is 3.82. The number of rotatable bonds is 5. The van der Waals surface area contributed by atoms with Gasteiger partial charge in [0.2, 0.25) is 0 Å². The van der Waals surface area contributed by atoms with E-state index in [2.05, 4.69) is 53.5 Å². The summed E-state index contributed by atoms with van der Waals surface area (Å²) in [5.74, 6) is 0. The highest BCUT2D eigenvalue weighted by molar-refractivity contribution is 5.27. The second-order valence-corrected chi connectivity index (χ2v) is 6.94. The third kappa shape index (κ3) is 3.85. The van der Waals surface area contributed by atoms with Crippen molar-refractivity contribution in [2.75, 3.05) is 27.2 Å². The largest absolute Gasteiger partial charge is 0.310 e. The zero-order valence-electron chi connectivity index (χ0n) is 13.5. The van der Waals surface area contributed by atoms with Crippen LogP contribution in [-0.2, 0) is 13.1 Å². The van der Waals surface area contributed by atoms with Gasteiger partial charge >= 0.3 is 0 Å². The Balaban J connectivity index is 1.55. The third-order valence-electron chi connectivity index (χ3n) is 5.01. The van der Waals surface area contributed by atoms with Crippen LogP contribution in [0.25, 0.3) is 0 Å². The Morgan fingerprint density at radius 2 is 1.95 bits per heavy atom. The van der Waals surface area contributed by atoms with E-state index in [0.29, 0.717) is 6.04 Å². The van der Waals surface area contributed by atoms with Crippen molar-refractivity contribution < 1.29 is 0 Å². The predicted molar refractivity (Wildman–Crippen MR) is 88.3 cm³/mol. The molecule has 0 saturated carbocycles. The maximum Gasteiger partial charge on any atom is 0.0230 e.